The van der Waals surface area contributed by atoms with Crippen LogP contribution in [0.5, 0.6) is 46.1 Å². The Labute approximate surface area is 348 Å². The highest BCUT2D eigenvalue weighted by Crippen LogP contribution is 2.48. The predicted octanol–water partition coefficient (Wildman–Crippen LogP) is 9.09. The molecule has 0 amide bonds. The Balaban J connectivity index is 1.13. The van der Waals surface area contributed by atoms with Crippen LogP contribution in [0.4, 0.5) is 34.3 Å². The van der Waals surface area contributed by atoms with Crippen molar-refractivity contribution in [3.05, 3.63) is 163 Å². The van der Waals surface area contributed by atoms with Crippen LogP contribution in [0.25, 0.3) is 0 Å². The van der Waals surface area contributed by atoms with Gasteiger partial charge in [0, 0.05) is 45.2 Å². The molecule has 7 aromatic carbocycles. The molecule has 5 aliphatic rings. The van der Waals surface area contributed by atoms with Crippen LogP contribution in [0.1, 0.15) is 26.3 Å². The first-order valence-corrected chi connectivity index (χ1v) is 20.5. The van der Waals surface area contributed by atoms with Crippen LogP contribution in [0, 0.1) is 0 Å². The largest absolute Gasteiger partial charge is 0.458 e. The Bertz CT molecular complexity index is 3080. The Morgan fingerprint density at radius 1 is 0.467 bits per heavy atom. The van der Waals surface area contributed by atoms with E-state index in [2.05, 4.69) is 152 Å². The highest BCUT2D eigenvalue weighted by atomic mass is 16.5. The summed E-state index contributed by atoms with van der Waals surface area (Å²) in [6, 6.07) is 54.9. The van der Waals surface area contributed by atoms with Crippen molar-refractivity contribution in [2.24, 2.45) is 0 Å². The minimum absolute atomic E-state index is 0.148. The van der Waals surface area contributed by atoms with Crippen molar-refractivity contribution in [2.45, 2.75) is 26.2 Å². The normalized spacial score (nSPS) is 14.0. The molecular formula is C51H35B2N3O4. The van der Waals surface area contributed by atoms with Crippen molar-refractivity contribution >= 4 is 80.5 Å². The molecule has 6 heterocycles. The molecule has 284 valence electrons. The summed E-state index contributed by atoms with van der Waals surface area (Å²) in [4.78, 5) is 10.2. The van der Waals surface area contributed by atoms with E-state index in [1.807, 2.05) is 36.4 Å². The number of hydrogen-bond acceptors (Lipinski definition) is 7. The van der Waals surface area contributed by atoms with Crippen molar-refractivity contribution < 1.29 is 18.9 Å². The van der Waals surface area contributed by atoms with E-state index in [1.54, 1.807) is 0 Å². The first-order valence-electron chi connectivity index (χ1n) is 20.5. The molecule has 8 aromatic rings. The Kier molecular flexibility index (Phi) is 6.76. The van der Waals surface area contributed by atoms with E-state index >= 15 is 0 Å². The van der Waals surface area contributed by atoms with Crippen LogP contribution in [0.15, 0.2) is 158 Å². The van der Waals surface area contributed by atoms with Gasteiger partial charge in [0.15, 0.2) is 0 Å². The maximum absolute atomic E-state index is 7.17. The number of nitrogens with zero attached hydrogens (tertiary/aromatic N) is 3. The van der Waals surface area contributed by atoms with Gasteiger partial charge < -0.3 is 23.8 Å². The number of rotatable bonds is 4. The number of ether oxygens (including phenoxy) is 4. The third-order valence-corrected chi connectivity index (χ3v) is 12.5. The molecule has 0 saturated heterocycles. The van der Waals surface area contributed by atoms with Crippen LogP contribution in [-0.4, -0.2) is 18.4 Å². The number of benzene rings is 7. The average Bonchev–Trinajstić information content (AvgIpc) is 3.26. The smallest absolute Gasteiger partial charge is 0.267 e. The van der Waals surface area contributed by atoms with Gasteiger partial charge in [0.05, 0.1) is 5.69 Å². The zero-order valence-electron chi connectivity index (χ0n) is 33.1. The molecule has 0 N–H and O–H groups in total. The third-order valence-electron chi connectivity index (χ3n) is 12.5. The van der Waals surface area contributed by atoms with Gasteiger partial charge in [0.25, 0.3) is 13.4 Å². The van der Waals surface area contributed by atoms with Crippen LogP contribution in [0.2, 0.25) is 0 Å². The fraction of sp³-hybridized carbons (Fsp3) is 0.0784. The molecule has 0 unspecified atom stereocenters. The van der Waals surface area contributed by atoms with E-state index in [9.17, 15) is 0 Å². The maximum atomic E-state index is 7.17. The van der Waals surface area contributed by atoms with Gasteiger partial charge in [-0.1, -0.05) is 93.6 Å². The standard InChI is InChI=1S/C51H35B2N3O4/c1-51(2,3)30-25-42-48-43(26-30)60-50-36-29-35-49(54-50)56(33-19-11-6-12-20-33)37-27-34(55(31-15-7-4-8-16-31)32-17-9-5-10-18-32)28-44-45(37)52(35)46-38(21-13-23-40(46)59-44)57-39-22-14-24-41(58-42)47(39)53(36)48/h4-29H,1-3H3. The lowest BCUT2D eigenvalue weighted by molar-refractivity contribution is 0.443. The van der Waals surface area contributed by atoms with Gasteiger partial charge in [-0.2, -0.15) is 4.98 Å². The minimum Gasteiger partial charge on any atom is -0.458 e. The number of pyridine rings is 1. The summed E-state index contributed by atoms with van der Waals surface area (Å²) in [5.41, 5.74) is 11.9. The van der Waals surface area contributed by atoms with Gasteiger partial charge in [0.1, 0.15) is 46.1 Å². The first kappa shape index (κ1) is 33.6. The Morgan fingerprint density at radius 2 is 0.967 bits per heavy atom. The van der Waals surface area contributed by atoms with Crippen molar-refractivity contribution in [3.63, 3.8) is 0 Å². The third kappa shape index (κ3) is 4.71. The highest BCUT2D eigenvalue weighted by molar-refractivity contribution is 7.02. The lowest BCUT2D eigenvalue weighted by Gasteiger charge is -2.42. The van der Waals surface area contributed by atoms with Crippen molar-refractivity contribution in [1.82, 2.24) is 4.98 Å². The van der Waals surface area contributed by atoms with E-state index in [0.717, 1.165) is 113 Å². The molecule has 2 bridgehead atoms. The van der Waals surface area contributed by atoms with Crippen molar-refractivity contribution in [2.75, 3.05) is 9.80 Å². The first-order chi connectivity index (χ1) is 29.4. The second kappa shape index (κ2) is 12.1. The molecule has 0 atom stereocenters. The summed E-state index contributed by atoms with van der Waals surface area (Å²) in [5, 5.41) is 0. The summed E-state index contributed by atoms with van der Waals surface area (Å²) in [6.45, 7) is 6.13. The maximum Gasteiger partial charge on any atom is 0.267 e. The second-order valence-electron chi connectivity index (χ2n) is 17.1. The van der Waals surface area contributed by atoms with E-state index in [-0.39, 0.29) is 18.8 Å². The summed E-state index contributed by atoms with van der Waals surface area (Å²) in [7, 11) is 0. The molecule has 0 aliphatic carbocycles. The average molecular weight is 775 g/mol. The molecule has 7 nitrogen and oxygen atoms in total. The predicted molar refractivity (Wildman–Crippen MR) is 241 cm³/mol. The lowest BCUT2D eigenvalue weighted by atomic mass is 9.31. The summed E-state index contributed by atoms with van der Waals surface area (Å²) in [5.74, 6) is 6.67. The van der Waals surface area contributed by atoms with Gasteiger partial charge >= 0.3 is 0 Å². The topological polar surface area (TPSA) is 56.3 Å². The molecule has 0 saturated carbocycles. The van der Waals surface area contributed by atoms with Crippen LogP contribution >= 0.6 is 0 Å². The van der Waals surface area contributed by atoms with E-state index < -0.39 is 0 Å². The Hall–Kier alpha value is -7.38. The molecule has 13 rings (SSSR count). The van der Waals surface area contributed by atoms with Crippen molar-refractivity contribution in [3.8, 4) is 46.1 Å². The van der Waals surface area contributed by atoms with Crippen molar-refractivity contribution in [1.29, 1.82) is 0 Å². The summed E-state index contributed by atoms with van der Waals surface area (Å²) < 4.78 is 28.1. The molecule has 0 fully saturated rings. The van der Waals surface area contributed by atoms with Gasteiger partial charge in [-0.3, -0.25) is 4.90 Å². The molecule has 0 spiro atoms. The fourth-order valence-electron chi connectivity index (χ4n) is 9.87. The monoisotopic (exact) mass is 775 g/mol. The highest BCUT2D eigenvalue weighted by Gasteiger charge is 2.50. The molecule has 9 heteroatoms. The fourth-order valence-corrected chi connectivity index (χ4v) is 9.87. The molecule has 5 aliphatic heterocycles. The van der Waals surface area contributed by atoms with E-state index in [4.69, 9.17) is 23.9 Å². The molecule has 60 heavy (non-hydrogen) atoms. The zero-order chi connectivity index (χ0) is 39.9. The quantitative estimate of drug-likeness (QED) is 0.166. The summed E-state index contributed by atoms with van der Waals surface area (Å²) in [6.07, 6.45) is 0. The van der Waals surface area contributed by atoms with E-state index in [1.165, 1.54) is 0 Å². The second-order valence-corrected chi connectivity index (χ2v) is 17.1. The zero-order valence-corrected chi connectivity index (χ0v) is 33.1. The lowest BCUT2D eigenvalue weighted by Crippen LogP contribution is -2.64. The molecule has 0 radical (unpaired) electrons. The molecular weight excluding hydrogens is 740 g/mol. The SMILES string of the molecule is CC(C)(C)c1cc2c3c(c1)Oc1nc4c5cc1B3c1c(cccc1Oc1cccc3c1B5c1c(cc(N(c5ccccc5)c5ccccc5)cc1N4c1ccccc1)O3)O2. The van der Waals surface area contributed by atoms with Gasteiger partial charge in [-0.05, 0) is 106 Å². The number of aromatic nitrogens is 1. The number of anilines is 6. The van der Waals surface area contributed by atoms with Crippen LogP contribution < -0.4 is 61.5 Å². The van der Waals surface area contributed by atoms with Crippen LogP contribution in [0.3, 0.4) is 0 Å². The Morgan fingerprint density at radius 3 is 1.55 bits per heavy atom. The van der Waals surface area contributed by atoms with Gasteiger partial charge in [0.2, 0.25) is 5.88 Å². The van der Waals surface area contributed by atoms with Gasteiger partial charge in [-0.15, -0.1) is 0 Å². The van der Waals surface area contributed by atoms with E-state index in [0.29, 0.717) is 5.88 Å². The number of hydrogen-bond donors (Lipinski definition) is 0. The number of para-hydroxylation sites is 3. The summed E-state index contributed by atoms with van der Waals surface area (Å²) >= 11 is 0. The minimum atomic E-state index is -0.271. The van der Waals surface area contributed by atoms with Gasteiger partial charge in [-0.25, -0.2) is 0 Å². The molecule has 1 aromatic heterocycles. The van der Waals surface area contributed by atoms with Crippen LogP contribution in [-0.2, 0) is 5.41 Å².